The number of carbonyl (C=O) groups excluding carboxylic acids is 1. The van der Waals surface area contributed by atoms with Gasteiger partial charge in [0, 0.05) is 13.0 Å². The van der Waals surface area contributed by atoms with E-state index in [2.05, 4.69) is 10.5 Å². The van der Waals surface area contributed by atoms with Crippen molar-refractivity contribution in [3.63, 3.8) is 0 Å². The van der Waals surface area contributed by atoms with Crippen LogP contribution in [0.3, 0.4) is 0 Å². The first kappa shape index (κ1) is 14.8. The summed E-state index contributed by atoms with van der Waals surface area (Å²) < 4.78 is 21.5. The van der Waals surface area contributed by atoms with Gasteiger partial charge in [-0.05, 0) is 26.0 Å². The summed E-state index contributed by atoms with van der Waals surface area (Å²) in [4.78, 5) is 12.4. The van der Waals surface area contributed by atoms with Crippen LogP contribution in [0.25, 0.3) is 11.5 Å². The molecule has 1 amide bonds. The van der Waals surface area contributed by atoms with E-state index in [1.54, 1.807) is 19.1 Å². The van der Waals surface area contributed by atoms with Crippen molar-refractivity contribution in [3.8, 4) is 11.5 Å². The largest absolute Gasteiger partial charge is 0.461 e. The monoisotopic (exact) mass is 306 g/mol. The number of aryl methyl sites for hydroxylation is 1. The summed E-state index contributed by atoms with van der Waals surface area (Å²) in [7, 11) is 0. The molecule has 1 aliphatic rings. The third-order valence-electron chi connectivity index (χ3n) is 3.60. The number of nitrogens with zero attached hydrogens (tertiary/aromatic N) is 1. The van der Waals surface area contributed by atoms with Gasteiger partial charge in [0.15, 0.2) is 11.5 Å². The smallest absolute Gasteiger partial charge is 0.257 e. The summed E-state index contributed by atoms with van der Waals surface area (Å²) in [6, 6.07) is 3.45. The number of aromatic nitrogens is 1. The molecule has 2 aromatic rings. The van der Waals surface area contributed by atoms with Gasteiger partial charge in [-0.15, -0.1) is 0 Å². The summed E-state index contributed by atoms with van der Waals surface area (Å²) in [5, 5.41) is 6.69. The Morgan fingerprint density at radius 2 is 2.18 bits per heavy atom. The summed E-state index contributed by atoms with van der Waals surface area (Å²) in [5.74, 6) is -0.0765. The Morgan fingerprint density at radius 3 is 2.86 bits per heavy atom. The molecule has 0 unspecified atom stereocenters. The molecule has 0 aromatic carbocycles. The number of amides is 1. The van der Waals surface area contributed by atoms with Crippen molar-refractivity contribution in [2.24, 2.45) is 0 Å². The highest BCUT2D eigenvalue weighted by molar-refractivity contribution is 6.00. The highest BCUT2D eigenvalue weighted by Crippen LogP contribution is 2.27. The van der Waals surface area contributed by atoms with E-state index in [0.29, 0.717) is 49.0 Å². The molecule has 0 radical (unpaired) electrons. The Labute approximate surface area is 127 Å². The molecule has 118 valence electrons. The van der Waals surface area contributed by atoms with Crippen molar-refractivity contribution in [3.05, 3.63) is 29.7 Å². The van der Waals surface area contributed by atoms with Crippen molar-refractivity contribution in [2.75, 3.05) is 19.8 Å². The molecule has 7 heteroatoms. The summed E-state index contributed by atoms with van der Waals surface area (Å²) >= 11 is 0. The maximum Gasteiger partial charge on any atom is 0.257 e. The van der Waals surface area contributed by atoms with Crippen LogP contribution < -0.4 is 5.32 Å². The second kappa shape index (κ2) is 5.94. The second-order valence-corrected chi connectivity index (χ2v) is 5.29. The van der Waals surface area contributed by atoms with E-state index in [-0.39, 0.29) is 5.91 Å². The lowest BCUT2D eigenvalue weighted by Crippen LogP contribution is -2.33. The third-order valence-corrected chi connectivity index (χ3v) is 3.60. The van der Waals surface area contributed by atoms with Crippen LogP contribution in [0.4, 0.5) is 0 Å². The van der Waals surface area contributed by atoms with Gasteiger partial charge < -0.3 is 23.7 Å². The van der Waals surface area contributed by atoms with Crippen LogP contribution in [0.1, 0.15) is 29.4 Å². The fourth-order valence-corrected chi connectivity index (χ4v) is 2.41. The minimum absolute atomic E-state index is 0.258. The van der Waals surface area contributed by atoms with Crippen LogP contribution in [0.15, 0.2) is 27.3 Å². The predicted octanol–water partition coefficient (Wildman–Crippen LogP) is 2.13. The lowest BCUT2D eigenvalue weighted by Gasteiger charge is -2.22. The Hall–Kier alpha value is -2.12. The van der Waals surface area contributed by atoms with Crippen molar-refractivity contribution in [2.45, 2.75) is 26.1 Å². The van der Waals surface area contributed by atoms with E-state index in [9.17, 15) is 4.79 Å². The number of rotatable bonds is 5. The molecule has 0 bridgehead atoms. The number of hydrogen-bond donors (Lipinski definition) is 1. The first-order valence-electron chi connectivity index (χ1n) is 7.15. The maximum atomic E-state index is 12.4. The number of furan rings is 1. The third kappa shape index (κ3) is 2.90. The zero-order chi connectivity index (χ0) is 15.6. The van der Waals surface area contributed by atoms with E-state index >= 15 is 0 Å². The second-order valence-electron chi connectivity index (χ2n) is 5.29. The quantitative estimate of drug-likeness (QED) is 0.910. The van der Waals surface area contributed by atoms with Gasteiger partial charge in [-0.1, -0.05) is 5.16 Å². The molecule has 0 aliphatic carbocycles. The Balaban J connectivity index is 1.66. The molecule has 1 fully saturated rings. The first-order chi connectivity index (χ1) is 10.6. The molecule has 1 aliphatic heterocycles. The molecule has 1 N–H and O–H groups in total. The van der Waals surface area contributed by atoms with E-state index in [1.165, 1.54) is 6.26 Å². The number of ether oxygens (including phenoxy) is 2. The number of hydrogen-bond acceptors (Lipinski definition) is 6. The average molecular weight is 306 g/mol. The van der Waals surface area contributed by atoms with Gasteiger partial charge in [-0.3, -0.25) is 4.79 Å². The standard InChI is InChI=1S/C15H18N2O5/c1-10-12(13(22-17-10)11-4-3-7-19-11)14(18)16-6-5-15(2)20-8-9-21-15/h3-4,7H,5-6,8-9H2,1-2H3,(H,16,18). The van der Waals surface area contributed by atoms with Crippen molar-refractivity contribution in [1.29, 1.82) is 0 Å². The highest BCUT2D eigenvalue weighted by Gasteiger charge is 2.31. The average Bonchev–Trinajstić information content (AvgIpc) is 3.19. The van der Waals surface area contributed by atoms with Crippen LogP contribution >= 0.6 is 0 Å². The minimum Gasteiger partial charge on any atom is -0.461 e. The highest BCUT2D eigenvalue weighted by atomic mass is 16.7. The predicted molar refractivity (Wildman–Crippen MR) is 76.2 cm³/mol. The van der Waals surface area contributed by atoms with E-state index in [1.807, 2.05) is 6.92 Å². The fourth-order valence-electron chi connectivity index (χ4n) is 2.41. The van der Waals surface area contributed by atoms with Crippen LogP contribution in [-0.4, -0.2) is 36.6 Å². The van der Waals surface area contributed by atoms with Crippen LogP contribution in [0.2, 0.25) is 0 Å². The molecule has 3 heterocycles. The summed E-state index contributed by atoms with van der Waals surface area (Å²) in [6.07, 6.45) is 2.09. The molecular formula is C15H18N2O5. The first-order valence-corrected chi connectivity index (χ1v) is 7.15. The van der Waals surface area contributed by atoms with Gasteiger partial charge in [0.1, 0.15) is 5.56 Å². The molecule has 1 saturated heterocycles. The number of nitrogens with one attached hydrogen (secondary N) is 1. The SMILES string of the molecule is Cc1noc(-c2ccco2)c1C(=O)NCCC1(C)OCCO1. The zero-order valence-electron chi connectivity index (χ0n) is 12.5. The van der Waals surface area contributed by atoms with E-state index in [0.717, 1.165) is 0 Å². The zero-order valence-corrected chi connectivity index (χ0v) is 12.5. The van der Waals surface area contributed by atoms with Gasteiger partial charge in [0.2, 0.25) is 5.76 Å². The van der Waals surface area contributed by atoms with Gasteiger partial charge in [-0.2, -0.15) is 0 Å². The normalized spacial score (nSPS) is 16.8. The molecule has 3 rings (SSSR count). The fraction of sp³-hybridized carbons (Fsp3) is 0.467. The molecule has 7 nitrogen and oxygen atoms in total. The van der Waals surface area contributed by atoms with E-state index < -0.39 is 5.79 Å². The van der Waals surface area contributed by atoms with Gasteiger partial charge in [0.25, 0.3) is 5.91 Å². The van der Waals surface area contributed by atoms with Crippen LogP contribution in [-0.2, 0) is 9.47 Å². The van der Waals surface area contributed by atoms with Gasteiger partial charge >= 0.3 is 0 Å². The summed E-state index contributed by atoms with van der Waals surface area (Å²) in [6.45, 7) is 5.17. The number of carbonyl (C=O) groups is 1. The summed E-state index contributed by atoms with van der Waals surface area (Å²) in [5.41, 5.74) is 0.900. The molecule has 0 atom stereocenters. The van der Waals surface area contributed by atoms with Crippen molar-refractivity contribution >= 4 is 5.91 Å². The lowest BCUT2D eigenvalue weighted by atomic mass is 10.1. The van der Waals surface area contributed by atoms with Gasteiger partial charge in [0.05, 0.1) is 25.2 Å². The molecule has 22 heavy (non-hydrogen) atoms. The molecule has 2 aromatic heterocycles. The maximum absolute atomic E-state index is 12.4. The molecule has 0 spiro atoms. The van der Waals surface area contributed by atoms with Crippen molar-refractivity contribution < 1.29 is 23.2 Å². The lowest BCUT2D eigenvalue weighted by molar-refractivity contribution is -0.145. The molecule has 0 saturated carbocycles. The van der Waals surface area contributed by atoms with Crippen molar-refractivity contribution in [1.82, 2.24) is 10.5 Å². The Kier molecular flexibility index (Phi) is 4.00. The topological polar surface area (TPSA) is 86.7 Å². The van der Waals surface area contributed by atoms with Crippen LogP contribution in [0, 0.1) is 6.92 Å². The van der Waals surface area contributed by atoms with Gasteiger partial charge in [-0.25, -0.2) is 0 Å². The molecular weight excluding hydrogens is 288 g/mol. The minimum atomic E-state index is -0.624. The van der Waals surface area contributed by atoms with E-state index in [4.69, 9.17) is 18.4 Å². The Morgan fingerprint density at radius 1 is 1.41 bits per heavy atom. The van der Waals surface area contributed by atoms with Crippen LogP contribution in [0.5, 0.6) is 0 Å². The Bertz CT molecular complexity index is 641.